The number of hydrogen-bond acceptors (Lipinski definition) is 5. The minimum absolute atomic E-state index is 0.211. The fourth-order valence-electron chi connectivity index (χ4n) is 3.46. The molecule has 1 aliphatic rings. The number of rotatable bonds is 6. The van der Waals surface area contributed by atoms with E-state index in [4.69, 9.17) is 4.74 Å². The monoisotopic (exact) mass is 430 g/mol. The van der Waals surface area contributed by atoms with Crippen LogP contribution in [0.1, 0.15) is 45.6 Å². The number of benzene rings is 2. The second-order valence-corrected chi connectivity index (χ2v) is 9.54. The van der Waals surface area contributed by atoms with Crippen LogP contribution in [0.25, 0.3) is 0 Å². The van der Waals surface area contributed by atoms with E-state index in [9.17, 15) is 18.0 Å². The van der Waals surface area contributed by atoms with Crippen molar-refractivity contribution < 1.29 is 22.7 Å². The number of nitrogens with zero attached hydrogens (tertiary/aromatic N) is 1. The predicted octanol–water partition coefficient (Wildman–Crippen LogP) is 2.66. The van der Waals surface area contributed by atoms with Gasteiger partial charge in [-0.05, 0) is 67.6 Å². The van der Waals surface area contributed by atoms with Gasteiger partial charge in [0.25, 0.3) is 5.91 Å². The van der Waals surface area contributed by atoms with Gasteiger partial charge in [-0.3, -0.25) is 9.10 Å². The summed E-state index contributed by atoms with van der Waals surface area (Å²) in [5.41, 5.74) is 4.94. The minimum Gasteiger partial charge on any atom is -0.452 e. The van der Waals surface area contributed by atoms with E-state index in [0.717, 1.165) is 22.9 Å². The Morgan fingerprint density at radius 2 is 1.87 bits per heavy atom. The van der Waals surface area contributed by atoms with Gasteiger partial charge in [0.1, 0.15) is 0 Å². The number of ether oxygens (including phenoxy) is 1. The molecule has 1 unspecified atom stereocenters. The summed E-state index contributed by atoms with van der Waals surface area (Å²) < 4.78 is 30.1. The smallest absolute Gasteiger partial charge is 0.338 e. The average molecular weight is 431 g/mol. The number of aryl methyl sites for hydroxylation is 2. The maximum Gasteiger partial charge on any atom is 0.338 e. The number of anilines is 1. The Hall–Kier alpha value is -2.87. The third-order valence-corrected chi connectivity index (χ3v) is 6.49. The van der Waals surface area contributed by atoms with Gasteiger partial charge in [-0.25, -0.2) is 13.2 Å². The molecule has 0 bridgehead atoms. The van der Waals surface area contributed by atoms with Crippen LogP contribution in [0.15, 0.2) is 36.4 Å². The van der Waals surface area contributed by atoms with Crippen LogP contribution in [-0.4, -0.2) is 39.7 Å². The number of esters is 1. The molecule has 1 N–H and O–H groups in total. The van der Waals surface area contributed by atoms with Gasteiger partial charge in [-0.15, -0.1) is 0 Å². The van der Waals surface area contributed by atoms with Gasteiger partial charge >= 0.3 is 5.97 Å². The molecule has 30 heavy (non-hydrogen) atoms. The van der Waals surface area contributed by atoms with Crippen molar-refractivity contribution in [1.29, 1.82) is 0 Å². The molecule has 0 saturated heterocycles. The lowest BCUT2D eigenvalue weighted by Crippen LogP contribution is -2.31. The highest BCUT2D eigenvalue weighted by Crippen LogP contribution is 2.30. The van der Waals surface area contributed by atoms with E-state index in [0.29, 0.717) is 24.2 Å². The molecule has 2 aromatic rings. The zero-order valence-electron chi connectivity index (χ0n) is 17.6. The molecule has 0 fully saturated rings. The average Bonchev–Trinajstić information content (AvgIpc) is 3.11. The molecule has 0 saturated carbocycles. The zero-order valence-corrected chi connectivity index (χ0v) is 18.4. The molecule has 3 rings (SSSR count). The summed E-state index contributed by atoms with van der Waals surface area (Å²) >= 11 is 0. The van der Waals surface area contributed by atoms with Crippen molar-refractivity contribution in [2.24, 2.45) is 0 Å². The lowest BCUT2D eigenvalue weighted by molar-refractivity contribution is -0.124. The second-order valence-electron chi connectivity index (χ2n) is 7.64. The highest BCUT2D eigenvalue weighted by molar-refractivity contribution is 7.92. The standard InChI is InChI=1S/C22H26N2O5S/c1-14-5-6-17(11-15(14)2)16(3)23-21(25)13-29-22(26)19-7-8-20-18(12-19)9-10-24(20)30(4,27)28/h5-8,11-12,16H,9-10,13H2,1-4H3,(H,23,25). The lowest BCUT2D eigenvalue weighted by atomic mass is 10.0. The number of fused-ring (bicyclic) bond motifs is 1. The van der Waals surface area contributed by atoms with Gasteiger partial charge in [0, 0.05) is 6.54 Å². The molecule has 0 aliphatic carbocycles. The molecule has 1 heterocycles. The van der Waals surface area contributed by atoms with E-state index in [1.165, 1.54) is 15.9 Å². The third-order valence-electron chi connectivity index (χ3n) is 5.31. The van der Waals surface area contributed by atoms with E-state index in [1.54, 1.807) is 12.1 Å². The fourth-order valence-corrected chi connectivity index (χ4v) is 4.42. The summed E-state index contributed by atoms with van der Waals surface area (Å²) in [5.74, 6) is -1.01. The minimum atomic E-state index is -3.35. The third kappa shape index (κ3) is 4.81. The molecule has 0 aromatic heterocycles. The van der Waals surface area contributed by atoms with Crippen LogP contribution in [0.2, 0.25) is 0 Å². The zero-order chi connectivity index (χ0) is 22.1. The Kier molecular flexibility index (Phi) is 6.17. The van der Waals surface area contributed by atoms with Crippen LogP contribution < -0.4 is 9.62 Å². The van der Waals surface area contributed by atoms with Crippen LogP contribution in [0, 0.1) is 13.8 Å². The van der Waals surface area contributed by atoms with Gasteiger partial charge in [0.2, 0.25) is 10.0 Å². The maximum atomic E-state index is 12.3. The highest BCUT2D eigenvalue weighted by Gasteiger charge is 2.27. The number of sulfonamides is 1. The van der Waals surface area contributed by atoms with Crippen molar-refractivity contribution in [2.75, 3.05) is 23.7 Å². The molecule has 0 spiro atoms. The van der Waals surface area contributed by atoms with Crippen molar-refractivity contribution in [3.05, 3.63) is 64.2 Å². The number of nitrogens with one attached hydrogen (secondary N) is 1. The summed E-state index contributed by atoms with van der Waals surface area (Å²) in [6.45, 7) is 5.88. The number of hydrogen-bond donors (Lipinski definition) is 1. The van der Waals surface area contributed by atoms with Gasteiger partial charge in [0.05, 0.1) is 23.5 Å². The van der Waals surface area contributed by atoms with Crippen molar-refractivity contribution in [3.8, 4) is 0 Å². The molecule has 8 heteroatoms. The summed E-state index contributed by atoms with van der Waals surface area (Å²) in [6.07, 6.45) is 1.68. The number of carbonyl (C=O) groups excluding carboxylic acids is 2. The predicted molar refractivity (Wildman–Crippen MR) is 115 cm³/mol. The second kappa shape index (κ2) is 8.47. The molecule has 160 valence electrons. The first-order chi connectivity index (χ1) is 14.1. The van der Waals surface area contributed by atoms with E-state index in [1.807, 2.05) is 39.0 Å². The first-order valence-corrected chi connectivity index (χ1v) is 11.6. The van der Waals surface area contributed by atoms with Gasteiger partial charge in [-0.1, -0.05) is 18.2 Å². The molecule has 1 amide bonds. The first kappa shape index (κ1) is 21.8. The Bertz CT molecular complexity index is 1090. The van der Waals surface area contributed by atoms with E-state index in [-0.39, 0.29) is 12.6 Å². The molecular formula is C22H26N2O5S. The quantitative estimate of drug-likeness (QED) is 0.712. The Balaban J connectivity index is 1.58. The van der Waals surface area contributed by atoms with E-state index >= 15 is 0 Å². The normalized spacial score (nSPS) is 14.2. The molecule has 2 aromatic carbocycles. The van der Waals surface area contributed by atoms with Crippen LogP contribution in [0.5, 0.6) is 0 Å². The Labute approximate surface area is 177 Å². The summed E-state index contributed by atoms with van der Waals surface area (Å²) in [4.78, 5) is 24.5. The van der Waals surface area contributed by atoms with E-state index in [2.05, 4.69) is 5.32 Å². The molecule has 1 atom stereocenters. The maximum absolute atomic E-state index is 12.3. The number of amides is 1. The van der Waals surface area contributed by atoms with Crippen molar-refractivity contribution in [3.63, 3.8) is 0 Å². The summed E-state index contributed by atoms with van der Waals surface area (Å²) in [7, 11) is -3.35. The fraction of sp³-hybridized carbons (Fsp3) is 0.364. The van der Waals surface area contributed by atoms with Crippen LogP contribution >= 0.6 is 0 Å². The topological polar surface area (TPSA) is 92.8 Å². The highest BCUT2D eigenvalue weighted by atomic mass is 32.2. The Morgan fingerprint density at radius 3 is 2.53 bits per heavy atom. The van der Waals surface area contributed by atoms with Crippen LogP contribution in [-0.2, 0) is 26.0 Å². The number of carbonyl (C=O) groups is 2. The summed E-state index contributed by atoms with van der Waals surface area (Å²) in [5, 5.41) is 2.82. The van der Waals surface area contributed by atoms with Crippen molar-refractivity contribution in [2.45, 2.75) is 33.2 Å². The first-order valence-electron chi connectivity index (χ1n) is 9.70. The molecular weight excluding hydrogens is 404 g/mol. The van der Waals surface area contributed by atoms with Gasteiger partial charge in [0.15, 0.2) is 6.61 Å². The molecule has 0 radical (unpaired) electrons. The largest absolute Gasteiger partial charge is 0.452 e. The lowest BCUT2D eigenvalue weighted by Gasteiger charge is -2.17. The van der Waals surface area contributed by atoms with Crippen molar-refractivity contribution in [1.82, 2.24) is 5.32 Å². The molecule has 7 nitrogen and oxygen atoms in total. The van der Waals surface area contributed by atoms with Crippen molar-refractivity contribution >= 4 is 27.6 Å². The van der Waals surface area contributed by atoms with Crippen LogP contribution in [0.3, 0.4) is 0 Å². The van der Waals surface area contributed by atoms with Gasteiger partial charge in [-0.2, -0.15) is 0 Å². The Morgan fingerprint density at radius 1 is 1.13 bits per heavy atom. The van der Waals surface area contributed by atoms with Crippen LogP contribution in [0.4, 0.5) is 5.69 Å². The SMILES string of the molecule is Cc1ccc(C(C)NC(=O)COC(=O)c2ccc3c(c2)CCN3S(C)(=O)=O)cc1C. The van der Waals surface area contributed by atoms with Gasteiger partial charge < -0.3 is 10.1 Å². The summed E-state index contributed by atoms with van der Waals surface area (Å²) in [6, 6.07) is 10.5. The molecule has 1 aliphatic heterocycles. The van der Waals surface area contributed by atoms with E-state index < -0.39 is 21.9 Å².